The summed E-state index contributed by atoms with van der Waals surface area (Å²) in [6.45, 7) is 1.91. The van der Waals surface area contributed by atoms with Crippen LogP contribution in [-0.4, -0.2) is 42.5 Å². The molecule has 5 nitrogen and oxygen atoms in total. The lowest BCUT2D eigenvalue weighted by atomic mass is 9.84. The Morgan fingerprint density at radius 2 is 1.83 bits per heavy atom. The van der Waals surface area contributed by atoms with Gasteiger partial charge in [0.2, 0.25) is 11.8 Å². The van der Waals surface area contributed by atoms with Crippen LogP contribution in [0.3, 0.4) is 0 Å². The molecule has 1 aromatic rings. The molecule has 2 N–H and O–H groups in total. The van der Waals surface area contributed by atoms with Gasteiger partial charge in [-0.3, -0.25) is 9.59 Å². The fourth-order valence-electron chi connectivity index (χ4n) is 3.75. The monoisotopic (exact) mass is 334 g/mol. The molecule has 1 aromatic carbocycles. The molecule has 24 heavy (non-hydrogen) atoms. The van der Waals surface area contributed by atoms with Gasteiger partial charge in [0.25, 0.3) is 0 Å². The van der Waals surface area contributed by atoms with Crippen molar-refractivity contribution in [1.29, 1.82) is 0 Å². The summed E-state index contributed by atoms with van der Waals surface area (Å²) < 4.78 is 18.6. The quantitative estimate of drug-likeness (QED) is 0.907. The average Bonchev–Trinajstić information content (AvgIpc) is 3.07. The van der Waals surface area contributed by atoms with E-state index in [1.54, 1.807) is 12.1 Å². The molecule has 2 atom stereocenters. The van der Waals surface area contributed by atoms with E-state index in [4.69, 9.17) is 10.5 Å². The topological polar surface area (TPSA) is 72.6 Å². The van der Waals surface area contributed by atoms with Gasteiger partial charge in [-0.15, -0.1) is 0 Å². The van der Waals surface area contributed by atoms with E-state index in [9.17, 15) is 14.0 Å². The number of nitrogens with zero attached hydrogens (tertiary/aromatic N) is 1. The van der Waals surface area contributed by atoms with E-state index < -0.39 is 0 Å². The zero-order valence-corrected chi connectivity index (χ0v) is 13.6. The summed E-state index contributed by atoms with van der Waals surface area (Å²) >= 11 is 0. The van der Waals surface area contributed by atoms with Crippen LogP contribution in [0.2, 0.25) is 0 Å². The van der Waals surface area contributed by atoms with Gasteiger partial charge in [-0.1, -0.05) is 12.1 Å². The largest absolute Gasteiger partial charge is 0.377 e. The van der Waals surface area contributed by atoms with Crippen molar-refractivity contribution >= 4 is 11.8 Å². The van der Waals surface area contributed by atoms with Crippen LogP contribution >= 0.6 is 0 Å². The van der Waals surface area contributed by atoms with Crippen LogP contribution in [-0.2, 0) is 20.7 Å². The van der Waals surface area contributed by atoms with Crippen LogP contribution in [0.15, 0.2) is 24.3 Å². The molecule has 2 amide bonds. The van der Waals surface area contributed by atoms with Crippen molar-refractivity contribution in [2.45, 2.75) is 31.8 Å². The predicted octanol–water partition coefficient (Wildman–Crippen LogP) is 1.50. The van der Waals surface area contributed by atoms with Gasteiger partial charge in [-0.2, -0.15) is 0 Å². The zero-order valence-electron chi connectivity index (χ0n) is 13.6. The van der Waals surface area contributed by atoms with Crippen molar-refractivity contribution in [3.05, 3.63) is 35.6 Å². The molecule has 0 unspecified atom stereocenters. The Morgan fingerprint density at radius 3 is 2.46 bits per heavy atom. The van der Waals surface area contributed by atoms with Gasteiger partial charge in [0.1, 0.15) is 5.82 Å². The summed E-state index contributed by atoms with van der Waals surface area (Å²) in [7, 11) is 0. The van der Waals surface area contributed by atoms with Gasteiger partial charge in [0.15, 0.2) is 0 Å². The molecule has 0 spiro atoms. The lowest BCUT2D eigenvalue weighted by molar-refractivity contribution is -0.133. The predicted molar refractivity (Wildman–Crippen MR) is 86.4 cm³/mol. The van der Waals surface area contributed by atoms with Crippen molar-refractivity contribution in [2.75, 3.05) is 19.7 Å². The van der Waals surface area contributed by atoms with Gasteiger partial charge in [0.05, 0.1) is 18.4 Å². The van der Waals surface area contributed by atoms with Crippen LogP contribution in [0.1, 0.15) is 24.8 Å². The number of amides is 2. The molecule has 0 aromatic heterocycles. The number of piperidine rings is 1. The first-order valence-electron chi connectivity index (χ1n) is 8.47. The standard InChI is InChI=1S/C18H23FN2O3/c19-14-3-1-12(2-4-14)11-16(22)21-8-5-13(6-9-21)17-15(18(20)23)7-10-24-17/h1-4,13,15,17H,5-11H2,(H2,20,23)/t15-,17+/m0/s1. The number of hydrogen-bond acceptors (Lipinski definition) is 3. The van der Waals surface area contributed by atoms with E-state index in [2.05, 4.69) is 0 Å². The number of nitrogens with two attached hydrogens (primary N) is 1. The molecule has 6 heteroatoms. The Hall–Kier alpha value is -1.95. The minimum absolute atomic E-state index is 0.0545. The smallest absolute Gasteiger partial charge is 0.226 e. The molecule has 0 saturated carbocycles. The third-order valence-electron chi connectivity index (χ3n) is 5.13. The van der Waals surface area contributed by atoms with E-state index in [-0.39, 0.29) is 42.0 Å². The SMILES string of the molecule is NC(=O)[C@H]1CCO[C@@H]1C1CCN(C(=O)Cc2ccc(F)cc2)CC1. The van der Waals surface area contributed by atoms with E-state index >= 15 is 0 Å². The lowest BCUT2D eigenvalue weighted by Crippen LogP contribution is -2.44. The minimum Gasteiger partial charge on any atom is -0.377 e. The van der Waals surface area contributed by atoms with Crippen LogP contribution < -0.4 is 5.73 Å². The number of hydrogen-bond donors (Lipinski definition) is 1. The maximum absolute atomic E-state index is 12.9. The Balaban J connectivity index is 1.52. The molecule has 3 rings (SSSR count). The van der Waals surface area contributed by atoms with E-state index in [1.807, 2.05) is 4.90 Å². The van der Waals surface area contributed by atoms with Crippen molar-refractivity contribution in [3.8, 4) is 0 Å². The number of carbonyl (C=O) groups excluding carboxylic acids is 2. The molecule has 2 saturated heterocycles. The first-order valence-corrected chi connectivity index (χ1v) is 8.47. The van der Waals surface area contributed by atoms with Crippen molar-refractivity contribution < 1.29 is 18.7 Å². The highest BCUT2D eigenvalue weighted by atomic mass is 19.1. The highest BCUT2D eigenvalue weighted by molar-refractivity contribution is 5.79. The van der Waals surface area contributed by atoms with Crippen LogP contribution in [0.25, 0.3) is 0 Å². The Morgan fingerprint density at radius 1 is 1.17 bits per heavy atom. The highest BCUT2D eigenvalue weighted by Crippen LogP contribution is 2.33. The summed E-state index contributed by atoms with van der Waals surface area (Å²) in [5, 5.41) is 0. The van der Waals surface area contributed by atoms with Gasteiger partial charge < -0.3 is 15.4 Å². The number of carbonyl (C=O) groups is 2. The molecule has 2 aliphatic heterocycles. The molecular formula is C18H23FN2O3. The number of benzene rings is 1. The molecule has 2 fully saturated rings. The van der Waals surface area contributed by atoms with E-state index in [1.165, 1.54) is 12.1 Å². The lowest BCUT2D eigenvalue weighted by Gasteiger charge is -2.35. The third-order valence-corrected chi connectivity index (χ3v) is 5.13. The molecule has 2 heterocycles. The second-order valence-electron chi connectivity index (χ2n) is 6.65. The fraction of sp³-hybridized carbons (Fsp3) is 0.556. The normalized spacial score (nSPS) is 25.0. The van der Waals surface area contributed by atoms with Crippen LogP contribution in [0.4, 0.5) is 4.39 Å². The van der Waals surface area contributed by atoms with Crippen molar-refractivity contribution in [1.82, 2.24) is 4.90 Å². The fourth-order valence-corrected chi connectivity index (χ4v) is 3.75. The summed E-state index contributed by atoms with van der Waals surface area (Å²) in [5.41, 5.74) is 6.27. The molecule has 2 aliphatic rings. The summed E-state index contributed by atoms with van der Waals surface area (Å²) in [5.74, 6) is -0.449. The van der Waals surface area contributed by atoms with E-state index in [0.717, 1.165) is 18.4 Å². The van der Waals surface area contributed by atoms with E-state index in [0.29, 0.717) is 26.1 Å². The maximum Gasteiger partial charge on any atom is 0.226 e. The number of primary amides is 1. The first kappa shape index (κ1) is 16.9. The zero-order chi connectivity index (χ0) is 17.1. The molecule has 130 valence electrons. The van der Waals surface area contributed by atoms with Gasteiger partial charge in [-0.05, 0) is 42.9 Å². The molecule has 0 radical (unpaired) electrons. The highest BCUT2D eigenvalue weighted by Gasteiger charge is 2.39. The number of likely N-dealkylation sites (tertiary alicyclic amines) is 1. The van der Waals surface area contributed by atoms with Crippen LogP contribution in [0.5, 0.6) is 0 Å². The summed E-state index contributed by atoms with van der Waals surface area (Å²) in [6, 6.07) is 6.03. The van der Waals surface area contributed by atoms with Gasteiger partial charge in [-0.25, -0.2) is 4.39 Å². The minimum atomic E-state index is -0.299. The molecular weight excluding hydrogens is 311 g/mol. The van der Waals surface area contributed by atoms with Gasteiger partial charge >= 0.3 is 0 Å². The number of halogens is 1. The van der Waals surface area contributed by atoms with Crippen molar-refractivity contribution in [3.63, 3.8) is 0 Å². The third kappa shape index (κ3) is 3.75. The van der Waals surface area contributed by atoms with Gasteiger partial charge in [0, 0.05) is 19.7 Å². The molecule has 0 bridgehead atoms. The maximum atomic E-state index is 12.9. The Bertz CT molecular complexity index is 597. The summed E-state index contributed by atoms with van der Waals surface area (Å²) in [4.78, 5) is 25.7. The first-order chi connectivity index (χ1) is 11.5. The Kier molecular flexibility index (Phi) is 5.14. The Labute approximate surface area is 141 Å². The van der Waals surface area contributed by atoms with Crippen molar-refractivity contribution in [2.24, 2.45) is 17.6 Å². The summed E-state index contributed by atoms with van der Waals surface area (Å²) in [6.07, 6.45) is 2.53. The number of ether oxygens (including phenoxy) is 1. The second kappa shape index (κ2) is 7.30. The average molecular weight is 334 g/mol. The molecule has 0 aliphatic carbocycles. The second-order valence-corrected chi connectivity index (χ2v) is 6.65. The number of rotatable bonds is 4. The van der Waals surface area contributed by atoms with Crippen LogP contribution in [0, 0.1) is 17.7 Å².